The summed E-state index contributed by atoms with van der Waals surface area (Å²) < 4.78 is 5.78. The molecule has 144 valence electrons. The molecule has 1 amide bonds. The average molecular weight is 384 g/mol. The van der Waals surface area contributed by atoms with Gasteiger partial charge in [0.1, 0.15) is 5.75 Å². The highest BCUT2D eigenvalue weighted by molar-refractivity contribution is 7.98. The standard InChI is InChI=1S/C23H29NO2S/c1-2-26-22-15-14-18(23(25)24-20-10-6-3-4-7-11-20)16-19(22)17-27-21-12-8-5-9-13-21/h5,8-9,12-16,20H,2-4,6-7,10-11,17H2,1H3,(H,24,25). The van der Waals surface area contributed by atoms with Crippen LogP contribution in [0.3, 0.4) is 0 Å². The summed E-state index contributed by atoms with van der Waals surface area (Å²) in [4.78, 5) is 14.0. The summed E-state index contributed by atoms with van der Waals surface area (Å²) in [6.45, 7) is 2.61. The van der Waals surface area contributed by atoms with Gasteiger partial charge in [-0.3, -0.25) is 4.79 Å². The maximum Gasteiger partial charge on any atom is 0.251 e. The minimum atomic E-state index is 0.0379. The van der Waals surface area contributed by atoms with E-state index in [1.807, 2.05) is 43.3 Å². The smallest absolute Gasteiger partial charge is 0.251 e. The van der Waals surface area contributed by atoms with Crippen molar-refractivity contribution in [3.8, 4) is 5.75 Å². The first-order chi connectivity index (χ1) is 13.3. The first kappa shape index (κ1) is 19.8. The predicted molar refractivity (Wildman–Crippen MR) is 113 cm³/mol. The lowest BCUT2D eigenvalue weighted by Crippen LogP contribution is -2.34. The molecule has 1 aliphatic carbocycles. The quantitative estimate of drug-likeness (QED) is 0.483. The molecule has 0 saturated heterocycles. The molecule has 3 nitrogen and oxygen atoms in total. The number of carbonyl (C=O) groups is 1. The summed E-state index contributed by atoms with van der Waals surface area (Å²) in [6, 6.07) is 16.4. The Morgan fingerprint density at radius 1 is 1.07 bits per heavy atom. The number of hydrogen-bond donors (Lipinski definition) is 1. The van der Waals surface area contributed by atoms with Crippen LogP contribution < -0.4 is 10.1 Å². The molecule has 1 N–H and O–H groups in total. The Bertz CT molecular complexity index is 724. The number of amides is 1. The molecule has 1 aliphatic rings. The van der Waals surface area contributed by atoms with Crippen molar-refractivity contribution in [2.45, 2.75) is 62.1 Å². The highest BCUT2D eigenvalue weighted by Crippen LogP contribution is 2.29. The maximum absolute atomic E-state index is 12.8. The molecule has 0 bridgehead atoms. The maximum atomic E-state index is 12.8. The van der Waals surface area contributed by atoms with E-state index in [4.69, 9.17) is 4.74 Å². The normalized spacial score (nSPS) is 15.1. The summed E-state index contributed by atoms with van der Waals surface area (Å²) in [5, 5.41) is 3.24. The predicted octanol–water partition coefficient (Wildman–Crippen LogP) is 5.83. The lowest BCUT2D eigenvalue weighted by atomic mass is 10.1. The zero-order valence-corrected chi connectivity index (χ0v) is 16.9. The van der Waals surface area contributed by atoms with E-state index in [-0.39, 0.29) is 5.91 Å². The topological polar surface area (TPSA) is 38.3 Å². The Morgan fingerprint density at radius 2 is 1.81 bits per heavy atom. The second kappa shape index (κ2) is 10.4. The van der Waals surface area contributed by atoms with Crippen LogP contribution in [0.4, 0.5) is 0 Å². The first-order valence-electron chi connectivity index (χ1n) is 10.0. The second-order valence-corrected chi connectivity index (χ2v) is 8.07. The van der Waals surface area contributed by atoms with Crippen molar-refractivity contribution in [3.63, 3.8) is 0 Å². The third-order valence-electron chi connectivity index (χ3n) is 4.95. The van der Waals surface area contributed by atoms with Gasteiger partial charge in [0.15, 0.2) is 0 Å². The van der Waals surface area contributed by atoms with E-state index in [0.717, 1.165) is 35.5 Å². The largest absolute Gasteiger partial charge is 0.494 e. The minimum absolute atomic E-state index is 0.0379. The van der Waals surface area contributed by atoms with E-state index < -0.39 is 0 Å². The van der Waals surface area contributed by atoms with Crippen LogP contribution in [-0.4, -0.2) is 18.6 Å². The van der Waals surface area contributed by atoms with Crippen LogP contribution in [0.15, 0.2) is 53.4 Å². The van der Waals surface area contributed by atoms with Gasteiger partial charge in [-0.25, -0.2) is 0 Å². The molecule has 0 aliphatic heterocycles. The highest BCUT2D eigenvalue weighted by Gasteiger charge is 2.17. The zero-order valence-electron chi connectivity index (χ0n) is 16.1. The number of hydrogen-bond acceptors (Lipinski definition) is 3. The van der Waals surface area contributed by atoms with Crippen LogP contribution in [0.2, 0.25) is 0 Å². The van der Waals surface area contributed by atoms with E-state index in [1.165, 1.54) is 30.6 Å². The molecular formula is C23H29NO2S. The molecule has 2 aromatic rings. The lowest BCUT2D eigenvalue weighted by Gasteiger charge is -2.17. The molecule has 2 aromatic carbocycles. The third kappa shape index (κ3) is 6.03. The molecule has 0 atom stereocenters. The Kier molecular flexibility index (Phi) is 7.64. The van der Waals surface area contributed by atoms with Gasteiger partial charge in [0.05, 0.1) is 6.61 Å². The van der Waals surface area contributed by atoms with Gasteiger partial charge < -0.3 is 10.1 Å². The number of nitrogens with one attached hydrogen (secondary N) is 1. The van der Waals surface area contributed by atoms with Crippen molar-refractivity contribution >= 4 is 17.7 Å². The fourth-order valence-electron chi connectivity index (χ4n) is 3.50. The van der Waals surface area contributed by atoms with E-state index in [0.29, 0.717) is 12.6 Å². The first-order valence-corrected chi connectivity index (χ1v) is 11.0. The molecule has 0 spiro atoms. The van der Waals surface area contributed by atoms with Gasteiger partial charge in [0.2, 0.25) is 0 Å². The van der Waals surface area contributed by atoms with Gasteiger partial charge in [-0.1, -0.05) is 43.9 Å². The fraction of sp³-hybridized carbons (Fsp3) is 0.435. The SMILES string of the molecule is CCOc1ccc(C(=O)NC2CCCCCC2)cc1CSc1ccccc1. The summed E-state index contributed by atoms with van der Waals surface area (Å²) in [5.41, 5.74) is 1.80. The van der Waals surface area contributed by atoms with Crippen LogP contribution in [0.5, 0.6) is 5.75 Å². The summed E-state index contributed by atoms with van der Waals surface area (Å²) in [6.07, 6.45) is 7.20. The van der Waals surface area contributed by atoms with Gasteiger partial charge in [0, 0.05) is 27.8 Å². The van der Waals surface area contributed by atoms with E-state index in [1.54, 1.807) is 11.8 Å². The summed E-state index contributed by atoms with van der Waals surface area (Å²) in [7, 11) is 0. The van der Waals surface area contributed by atoms with Crippen molar-refractivity contribution in [2.75, 3.05) is 6.61 Å². The summed E-state index contributed by atoms with van der Waals surface area (Å²) >= 11 is 1.76. The summed E-state index contributed by atoms with van der Waals surface area (Å²) in [5.74, 6) is 1.69. The molecule has 27 heavy (non-hydrogen) atoms. The van der Waals surface area contributed by atoms with Gasteiger partial charge in [-0.15, -0.1) is 11.8 Å². The lowest BCUT2D eigenvalue weighted by molar-refractivity contribution is 0.0933. The molecule has 0 heterocycles. The number of benzene rings is 2. The van der Waals surface area contributed by atoms with Crippen molar-refractivity contribution in [2.24, 2.45) is 0 Å². The van der Waals surface area contributed by atoms with E-state index >= 15 is 0 Å². The van der Waals surface area contributed by atoms with Crippen molar-refractivity contribution < 1.29 is 9.53 Å². The van der Waals surface area contributed by atoms with Crippen molar-refractivity contribution in [1.29, 1.82) is 0 Å². The Morgan fingerprint density at radius 3 is 2.52 bits per heavy atom. The second-order valence-electron chi connectivity index (χ2n) is 7.02. The van der Waals surface area contributed by atoms with Crippen LogP contribution >= 0.6 is 11.8 Å². The minimum Gasteiger partial charge on any atom is -0.494 e. The molecule has 0 unspecified atom stereocenters. The molecule has 0 radical (unpaired) electrons. The molecule has 3 rings (SSSR count). The average Bonchev–Trinajstić information content (AvgIpc) is 2.97. The third-order valence-corrected chi connectivity index (χ3v) is 6.01. The van der Waals surface area contributed by atoms with E-state index in [9.17, 15) is 4.79 Å². The van der Waals surface area contributed by atoms with Gasteiger partial charge in [-0.2, -0.15) is 0 Å². The molecule has 1 fully saturated rings. The van der Waals surface area contributed by atoms with Crippen LogP contribution in [0.1, 0.15) is 61.4 Å². The van der Waals surface area contributed by atoms with Crippen LogP contribution in [-0.2, 0) is 5.75 Å². The molecule has 1 saturated carbocycles. The fourth-order valence-corrected chi connectivity index (χ4v) is 4.40. The Labute approximate surface area is 166 Å². The van der Waals surface area contributed by atoms with Crippen molar-refractivity contribution in [1.82, 2.24) is 5.32 Å². The number of thioether (sulfide) groups is 1. The van der Waals surface area contributed by atoms with Gasteiger partial charge >= 0.3 is 0 Å². The molecule has 0 aromatic heterocycles. The molecular weight excluding hydrogens is 354 g/mol. The number of carbonyl (C=O) groups excluding carboxylic acids is 1. The molecule has 4 heteroatoms. The number of ether oxygens (including phenoxy) is 1. The van der Waals surface area contributed by atoms with Crippen LogP contribution in [0.25, 0.3) is 0 Å². The van der Waals surface area contributed by atoms with Gasteiger partial charge in [-0.05, 0) is 50.1 Å². The Balaban J connectivity index is 1.70. The Hall–Kier alpha value is -1.94. The van der Waals surface area contributed by atoms with Crippen LogP contribution in [0, 0.1) is 0 Å². The highest BCUT2D eigenvalue weighted by atomic mass is 32.2. The monoisotopic (exact) mass is 383 g/mol. The number of rotatable bonds is 7. The van der Waals surface area contributed by atoms with Crippen molar-refractivity contribution in [3.05, 3.63) is 59.7 Å². The van der Waals surface area contributed by atoms with Gasteiger partial charge in [0.25, 0.3) is 5.91 Å². The van der Waals surface area contributed by atoms with E-state index in [2.05, 4.69) is 17.4 Å². The zero-order chi connectivity index (χ0) is 18.9.